The predicted octanol–water partition coefficient (Wildman–Crippen LogP) is 3.94. The van der Waals surface area contributed by atoms with E-state index in [9.17, 15) is 4.79 Å². The van der Waals surface area contributed by atoms with Gasteiger partial charge in [0.15, 0.2) is 0 Å². The summed E-state index contributed by atoms with van der Waals surface area (Å²) >= 11 is 9.20. The minimum atomic E-state index is -0.191. The zero-order valence-electron chi connectivity index (χ0n) is 9.28. The highest BCUT2D eigenvalue weighted by Crippen LogP contribution is 2.23. The molecule has 5 heteroatoms. The summed E-state index contributed by atoms with van der Waals surface area (Å²) in [6.07, 6.45) is 0. The van der Waals surface area contributed by atoms with Crippen molar-refractivity contribution >= 4 is 44.8 Å². The van der Waals surface area contributed by atoms with Crippen molar-refractivity contribution in [2.24, 2.45) is 0 Å². The maximum atomic E-state index is 11.9. The number of rotatable bonds is 2. The molecule has 0 aliphatic carbocycles. The first kappa shape index (κ1) is 12.9. The van der Waals surface area contributed by atoms with Crippen molar-refractivity contribution in [2.45, 2.75) is 0 Å². The number of nitrogen functional groups attached to an aromatic ring is 1. The summed E-state index contributed by atoms with van der Waals surface area (Å²) in [5.74, 6) is -0.191. The topological polar surface area (TPSA) is 55.1 Å². The van der Waals surface area contributed by atoms with Gasteiger partial charge in [-0.3, -0.25) is 4.79 Å². The number of anilines is 2. The zero-order valence-corrected chi connectivity index (χ0v) is 11.6. The fraction of sp³-hybridized carbons (Fsp3) is 0. The van der Waals surface area contributed by atoms with Crippen molar-refractivity contribution < 1.29 is 4.79 Å². The van der Waals surface area contributed by atoms with Gasteiger partial charge in [-0.25, -0.2) is 0 Å². The van der Waals surface area contributed by atoms with Crippen LogP contribution in [0.3, 0.4) is 0 Å². The van der Waals surface area contributed by atoms with Crippen LogP contribution in [0.25, 0.3) is 0 Å². The van der Waals surface area contributed by atoms with E-state index in [2.05, 4.69) is 21.2 Å². The molecule has 0 saturated heterocycles. The van der Waals surface area contributed by atoms with Crippen molar-refractivity contribution in [1.82, 2.24) is 0 Å². The summed E-state index contributed by atoms with van der Waals surface area (Å²) in [6.45, 7) is 0. The average Bonchev–Trinajstić information content (AvgIpc) is 2.34. The van der Waals surface area contributed by atoms with Crippen LogP contribution in [-0.2, 0) is 0 Å². The third-order valence-electron chi connectivity index (χ3n) is 2.36. The highest BCUT2D eigenvalue weighted by atomic mass is 79.9. The van der Waals surface area contributed by atoms with Crippen molar-refractivity contribution in [3.63, 3.8) is 0 Å². The fourth-order valence-corrected chi connectivity index (χ4v) is 1.85. The summed E-state index contributed by atoms with van der Waals surface area (Å²) < 4.78 is 0.926. The largest absolute Gasteiger partial charge is 0.398 e. The van der Waals surface area contributed by atoms with Crippen LogP contribution in [-0.4, -0.2) is 5.91 Å². The molecule has 0 bridgehead atoms. The van der Waals surface area contributed by atoms with Gasteiger partial charge in [-0.2, -0.15) is 0 Å². The summed E-state index contributed by atoms with van der Waals surface area (Å²) in [4.78, 5) is 11.9. The quantitative estimate of drug-likeness (QED) is 0.822. The highest BCUT2D eigenvalue weighted by molar-refractivity contribution is 9.10. The molecule has 1 amide bonds. The monoisotopic (exact) mass is 324 g/mol. The Balaban J connectivity index is 2.16. The smallest absolute Gasteiger partial charge is 0.255 e. The van der Waals surface area contributed by atoms with E-state index in [0.717, 1.165) is 4.47 Å². The second kappa shape index (κ2) is 5.42. The van der Waals surface area contributed by atoms with Crippen LogP contribution in [0.2, 0.25) is 5.02 Å². The first-order valence-electron chi connectivity index (χ1n) is 5.18. The van der Waals surface area contributed by atoms with Crippen LogP contribution in [0, 0.1) is 0 Å². The number of amides is 1. The summed E-state index contributed by atoms with van der Waals surface area (Å²) in [6, 6.07) is 12.1. The lowest BCUT2D eigenvalue weighted by Gasteiger charge is -2.06. The van der Waals surface area contributed by atoms with Gasteiger partial charge in [0.25, 0.3) is 5.91 Å². The number of nitrogens with two attached hydrogens (primary N) is 1. The molecule has 2 aromatic carbocycles. The van der Waals surface area contributed by atoms with E-state index in [4.69, 9.17) is 17.3 Å². The van der Waals surface area contributed by atoms with Gasteiger partial charge in [0.05, 0.1) is 10.7 Å². The molecule has 0 heterocycles. The Morgan fingerprint density at radius 1 is 1.17 bits per heavy atom. The maximum absolute atomic E-state index is 11.9. The lowest BCUT2D eigenvalue weighted by molar-refractivity contribution is 0.102. The van der Waals surface area contributed by atoms with E-state index in [0.29, 0.717) is 22.0 Å². The first-order valence-corrected chi connectivity index (χ1v) is 6.35. The van der Waals surface area contributed by atoms with Crippen molar-refractivity contribution in [2.75, 3.05) is 11.1 Å². The number of hydrogen-bond donors (Lipinski definition) is 2. The molecule has 2 aromatic rings. The molecular weight excluding hydrogens is 316 g/mol. The maximum Gasteiger partial charge on any atom is 0.255 e. The molecule has 0 aliphatic heterocycles. The van der Waals surface area contributed by atoms with Gasteiger partial charge in [0.2, 0.25) is 0 Å². The Hall–Kier alpha value is -1.52. The van der Waals surface area contributed by atoms with Gasteiger partial charge in [-0.1, -0.05) is 27.5 Å². The molecular formula is C13H10BrClN2O. The standard InChI is InChI=1S/C13H10BrClN2O/c14-9-3-1-8(2-4-9)13(18)17-10-5-6-12(16)11(15)7-10/h1-7H,16H2,(H,17,18). The number of carbonyl (C=O) groups is 1. The molecule has 3 nitrogen and oxygen atoms in total. The Morgan fingerprint density at radius 3 is 2.44 bits per heavy atom. The van der Waals surface area contributed by atoms with E-state index in [-0.39, 0.29) is 5.91 Å². The minimum Gasteiger partial charge on any atom is -0.398 e. The summed E-state index contributed by atoms with van der Waals surface area (Å²) in [5, 5.41) is 3.17. The second-order valence-electron chi connectivity index (χ2n) is 3.70. The molecule has 3 N–H and O–H groups in total. The van der Waals surface area contributed by atoms with Crippen molar-refractivity contribution in [3.05, 3.63) is 57.5 Å². The summed E-state index contributed by atoms with van der Waals surface area (Å²) in [7, 11) is 0. The predicted molar refractivity (Wildman–Crippen MR) is 78.0 cm³/mol. The minimum absolute atomic E-state index is 0.191. The van der Waals surface area contributed by atoms with Crippen LogP contribution in [0.15, 0.2) is 46.9 Å². The van der Waals surface area contributed by atoms with Crippen LogP contribution in [0.1, 0.15) is 10.4 Å². The Labute approximate surface area is 118 Å². The van der Waals surface area contributed by atoms with Gasteiger partial charge < -0.3 is 11.1 Å². The molecule has 0 aliphatic rings. The molecule has 0 aromatic heterocycles. The first-order chi connectivity index (χ1) is 8.56. The number of nitrogens with one attached hydrogen (secondary N) is 1. The van der Waals surface area contributed by atoms with E-state index in [1.54, 1.807) is 30.3 Å². The molecule has 0 fully saturated rings. The van der Waals surface area contributed by atoms with Gasteiger partial charge in [-0.15, -0.1) is 0 Å². The fourth-order valence-electron chi connectivity index (χ4n) is 1.41. The van der Waals surface area contributed by atoms with Crippen LogP contribution in [0.5, 0.6) is 0 Å². The number of hydrogen-bond acceptors (Lipinski definition) is 2. The van der Waals surface area contributed by atoms with Crippen LogP contribution < -0.4 is 11.1 Å². The zero-order chi connectivity index (χ0) is 13.1. The summed E-state index contributed by atoms with van der Waals surface area (Å²) in [5.41, 5.74) is 7.27. The average molecular weight is 326 g/mol. The third-order valence-corrected chi connectivity index (χ3v) is 3.22. The molecule has 0 spiro atoms. The Bertz CT molecular complexity index is 584. The normalized spacial score (nSPS) is 10.1. The Kier molecular flexibility index (Phi) is 3.89. The van der Waals surface area contributed by atoms with E-state index >= 15 is 0 Å². The Morgan fingerprint density at radius 2 is 1.83 bits per heavy atom. The number of benzene rings is 2. The lowest BCUT2D eigenvalue weighted by atomic mass is 10.2. The molecule has 18 heavy (non-hydrogen) atoms. The van der Waals surface area contributed by atoms with Gasteiger partial charge in [0, 0.05) is 15.7 Å². The highest BCUT2D eigenvalue weighted by Gasteiger charge is 2.06. The van der Waals surface area contributed by atoms with Crippen molar-refractivity contribution in [1.29, 1.82) is 0 Å². The van der Waals surface area contributed by atoms with Gasteiger partial charge in [0.1, 0.15) is 0 Å². The van der Waals surface area contributed by atoms with Gasteiger partial charge >= 0.3 is 0 Å². The SMILES string of the molecule is Nc1ccc(NC(=O)c2ccc(Br)cc2)cc1Cl. The number of carbonyl (C=O) groups excluding carboxylic acids is 1. The molecule has 2 rings (SSSR count). The molecule has 92 valence electrons. The van der Waals surface area contributed by atoms with E-state index in [1.807, 2.05) is 12.1 Å². The van der Waals surface area contributed by atoms with Crippen molar-refractivity contribution in [3.8, 4) is 0 Å². The molecule has 0 radical (unpaired) electrons. The van der Waals surface area contributed by atoms with Gasteiger partial charge in [-0.05, 0) is 42.5 Å². The van der Waals surface area contributed by atoms with Crippen LogP contribution >= 0.6 is 27.5 Å². The third kappa shape index (κ3) is 3.03. The molecule has 0 unspecified atom stereocenters. The van der Waals surface area contributed by atoms with E-state index < -0.39 is 0 Å². The molecule has 0 atom stereocenters. The second-order valence-corrected chi connectivity index (χ2v) is 5.02. The molecule has 0 saturated carbocycles. The van der Waals surface area contributed by atoms with E-state index in [1.165, 1.54) is 0 Å². The number of halogens is 2. The van der Waals surface area contributed by atoms with Crippen LogP contribution in [0.4, 0.5) is 11.4 Å². The lowest BCUT2D eigenvalue weighted by Crippen LogP contribution is -2.11.